The molecule has 0 spiro atoms. The van der Waals surface area contributed by atoms with Crippen LogP contribution in [0.15, 0.2) is 12.1 Å². The van der Waals surface area contributed by atoms with Crippen molar-refractivity contribution in [3.05, 3.63) is 17.8 Å². The smallest absolute Gasteiger partial charge is 0.274 e. The number of hydrogen-bond donors (Lipinski definition) is 2. The fourth-order valence-corrected chi connectivity index (χ4v) is 1.13. The number of nitrogens with two attached hydrogens (primary N) is 1. The van der Waals surface area contributed by atoms with Crippen LogP contribution >= 0.6 is 0 Å². The van der Waals surface area contributed by atoms with Crippen molar-refractivity contribution in [2.24, 2.45) is 0 Å². The van der Waals surface area contributed by atoms with Crippen molar-refractivity contribution in [2.45, 2.75) is 19.4 Å². The normalized spacial score (nSPS) is 12.2. The fraction of sp³-hybridized carbons (Fsp3) is 0.500. The van der Waals surface area contributed by atoms with Gasteiger partial charge in [0.25, 0.3) is 5.91 Å². The zero-order chi connectivity index (χ0) is 12.1. The summed E-state index contributed by atoms with van der Waals surface area (Å²) in [4.78, 5) is 13.3. The van der Waals surface area contributed by atoms with E-state index >= 15 is 0 Å². The van der Waals surface area contributed by atoms with Gasteiger partial charge in [0.1, 0.15) is 5.82 Å². The lowest BCUT2D eigenvalue weighted by Gasteiger charge is -2.17. The molecule has 1 rings (SSSR count). The summed E-state index contributed by atoms with van der Waals surface area (Å²) >= 11 is 0. The highest BCUT2D eigenvalue weighted by Gasteiger charge is 2.13. The molecule has 0 aromatic carbocycles. The SMILES string of the molecule is CC(O)CCN(C)C(=O)c1ccc(N)nn1. The molecule has 6 heteroatoms. The molecule has 1 aromatic heterocycles. The summed E-state index contributed by atoms with van der Waals surface area (Å²) in [6.07, 6.45) is 0.109. The van der Waals surface area contributed by atoms with Crippen molar-refractivity contribution >= 4 is 11.7 Å². The van der Waals surface area contributed by atoms with Gasteiger partial charge in [-0.1, -0.05) is 0 Å². The first-order valence-electron chi connectivity index (χ1n) is 5.03. The Labute approximate surface area is 94.1 Å². The summed E-state index contributed by atoms with van der Waals surface area (Å²) in [5, 5.41) is 16.4. The molecule has 1 heterocycles. The van der Waals surface area contributed by atoms with Crippen LogP contribution in [0.25, 0.3) is 0 Å². The minimum Gasteiger partial charge on any atom is -0.393 e. The predicted octanol–water partition coefficient (Wildman–Crippen LogP) is -0.0983. The number of carbonyl (C=O) groups excluding carboxylic acids is 1. The van der Waals surface area contributed by atoms with Crippen LogP contribution < -0.4 is 5.73 Å². The van der Waals surface area contributed by atoms with Gasteiger partial charge >= 0.3 is 0 Å². The van der Waals surface area contributed by atoms with Gasteiger partial charge in [-0.05, 0) is 25.5 Å². The zero-order valence-corrected chi connectivity index (χ0v) is 9.42. The number of hydrogen-bond acceptors (Lipinski definition) is 5. The lowest BCUT2D eigenvalue weighted by molar-refractivity contribution is 0.0762. The lowest BCUT2D eigenvalue weighted by Crippen LogP contribution is -2.30. The number of aliphatic hydroxyl groups is 1. The molecule has 3 N–H and O–H groups in total. The highest BCUT2D eigenvalue weighted by Crippen LogP contribution is 2.02. The average Bonchev–Trinajstić information content (AvgIpc) is 2.26. The van der Waals surface area contributed by atoms with Crippen LogP contribution in [0.1, 0.15) is 23.8 Å². The van der Waals surface area contributed by atoms with Gasteiger partial charge in [-0.3, -0.25) is 4.79 Å². The van der Waals surface area contributed by atoms with E-state index in [1.807, 2.05) is 0 Å². The van der Waals surface area contributed by atoms with Crippen LogP contribution in [0.2, 0.25) is 0 Å². The maximum atomic E-state index is 11.8. The lowest BCUT2D eigenvalue weighted by atomic mass is 10.2. The monoisotopic (exact) mass is 224 g/mol. The van der Waals surface area contributed by atoms with Crippen LogP contribution in [0, 0.1) is 0 Å². The topological polar surface area (TPSA) is 92.3 Å². The van der Waals surface area contributed by atoms with E-state index in [-0.39, 0.29) is 17.4 Å². The van der Waals surface area contributed by atoms with Crippen molar-refractivity contribution in [2.75, 3.05) is 19.3 Å². The number of aliphatic hydroxyl groups excluding tert-OH is 1. The van der Waals surface area contributed by atoms with Crippen LogP contribution in [0.3, 0.4) is 0 Å². The third-order valence-corrected chi connectivity index (χ3v) is 2.13. The Bertz CT molecular complexity index is 350. The molecule has 0 aliphatic rings. The Morgan fingerprint density at radius 1 is 1.56 bits per heavy atom. The molecular weight excluding hydrogens is 208 g/mol. The number of nitrogens with zero attached hydrogens (tertiary/aromatic N) is 3. The summed E-state index contributed by atoms with van der Waals surface area (Å²) < 4.78 is 0. The van der Waals surface area contributed by atoms with Crippen molar-refractivity contribution < 1.29 is 9.90 Å². The second-order valence-electron chi connectivity index (χ2n) is 3.71. The van der Waals surface area contributed by atoms with E-state index in [9.17, 15) is 4.79 Å². The molecule has 0 saturated heterocycles. The maximum Gasteiger partial charge on any atom is 0.274 e. The number of nitrogen functional groups attached to an aromatic ring is 1. The van der Waals surface area contributed by atoms with Gasteiger partial charge in [0.2, 0.25) is 0 Å². The minimum absolute atomic E-state index is 0.229. The van der Waals surface area contributed by atoms with Crippen LogP contribution in [0.4, 0.5) is 5.82 Å². The molecule has 1 unspecified atom stereocenters. The van der Waals surface area contributed by atoms with Gasteiger partial charge in [-0.15, -0.1) is 10.2 Å². The van der Waals surface area contributed by atoms with Crippen molar-refractivity contribution in [1.29, 1.82) is 0 Å². The standard InChI is InChI=1S/C10H16N4O2/c1-7(15)5-6-14(2)10(16)8-3-4-9(11)13-12-8/h3-4,7,15H,5-6H2,1-2H3,(H2,11,13). The first-order valence-corrected chi connectivity index (χ1v) is 5.03. The molecule has 1 amide bonds. The molecule has 0 fully saturated rings. The van der Waals surface area contributed by atoms with E-state index in [4.69, 9.17) is 10.8 Å². The van der Waals surface area contributed by atoms with Gasteiger partial charge < -0.3 is 15.7 Å². The van der Waals surface area contributed by atoms with Crippen molar-refractivity contribution in [3.63, 3.8) is 0 Å². The van der Waals surface area contributed by atoms with Gasteiger partial charge in [-0.2, -0.15) is 0 Å². The zero-order valence-electron chi connectivity index (χ0n) is 9.42. The highest BCUT2D eigenvalue weighted by atomic mass is 16.3. The number of rotatable bonds is 4. The van der Waals surface area contributed by atoms with Gasteiger partial charge in [0.05, 0.1) is 6.10 Å². The molecule has 1 atom stereocenters. The quantitative estimate of drug-likeness (QED) is 0.745. The number of anilines is 1. The summed E-state index contributed by atoms with van der Waals surface area (Å²) in [5.41, 5.74) is 5.62. The Morgan fingerprint density at radius 3 is 2.75 bits per heavy atom. The largest absolute Gasteiger partial charge is 0.393 e. The van der Waals surface area contributed by atoms with Gasteiger partial charge in [0, 0.05) is 13.6 Å². The maximum absolute atomic E-state index is 11.8. The summed E-state index contributed by atoms with van der Waals surface area (Å²) in [5.74, 6) is 0.0522. The Kier molecular flexibility index (Phi) is 4.19. The second kappa shape index (κ2) is 5.41. The molecular formula is C10H16N4O2. The molecule has 1 aromatic rings. The van der Waals surface area contributed by atoms with E-state index in [0.717, 1.165) is 0 Å². The third-order valence-electron chi connectivity index (χ3n) is 2.13. The molecule has 88 valence electrons. The van der Waals surface area contributed by atoms with Crippen LogP contribution in [0.5, 0.6) is 0 Å². The third kappa shape index (κ3) is 3.47. The average molecular weight is 224 g/mol. The highest BCUT2D eigenvalue weighted by molar-refractivity contribution is 5.92. The minimum atomic E-state index is -0.423. The molecule has 0 bridgehead atoms. The summed E-state index contributed by atoms with van der Waals surface area (Å²) in [6, 6.07) is 3.06. The number of carbonyl (C=O) groups is 1. The van der Waals surface area contributed by atoms with Crippen molar-refractivity contribution in [3.8, 4) is 0 Å². The van der Waals surface area contributed by atoms with E-state index in [0.29, 0.717) is 13.0 Å². The summed E-state index contributed by atoms with van der Waals surface area (Å²) in [6.45, 7) is 2.16. The molecule has 0 aliphatic carbocycles. The van der Waals surface area contributed by atoms with E-state index < -0.39 is 6.10 Å². The Morgan fingerprint density at radius 2 is 2.25 bits per heavy atom. The summed E-state index contributed by atoms with van der Waals surface area (Å²) in [7, 11) is 1.66. The predicted molar refractivity (Wildman–Crippen MR) is 59.7 cm³/mol. The first kappa shape index (κ1) is 12.4. The van der Waals surface area contributed by atoms with E-state index in [1.165, 1.54) is 17.0 Å². The Balaban J connectivity index is 2.60. The second-order valence-corrected chi connectivity index (χ2v) is 3.71. The van der Waals surface area contributed by atoms with Crippen LogP contribution in [-0.2, 0) is 0 Å². The van der Waals surface area contributed by atoms with Gasteiger partial charge in [0.15, 0.2) is 5.69 Å². The molecule has 0 aliphatic heterocycles. The van der Waals surface area contributed by atoms with Crippen molar-refractivity contribution in [1.82, 2.24) is 15.1 Å². The number of aromatic nitrogens is 2. The Hall–Kier alpha value is -1.69. The number of amides is 1. The molecule has 6 nitrogen and oxygen atoms in total. The van der Waals surface area contributed by atoms with Crippen LogP contribution in [-0.4, -0.2) is 45.8 Å². The molecule has 16 heavy (non-hydrogen) atoms. The molecule has 0 radical (unpaired) electrons. The van der Waals surface area contributed by atoms with E-state index in [1.54, 1.807) is 14.0 Å². The first-order chi connectivity index (χ1) is 7.50. The fourth-order valence-electron chi connectivity index (χ4n) is 1.13. The van der Waals surface area contributed by atoms with Gasteiger partial charge in [-0.25, -0.2) is 0 Å². The molecule has 0 saturated carbocycles. The van der Waals surface area contributed by atoms with E-state index in [2.05, 4.69) is 10.2 Å².